The lowest BCUT2D eigenvalue weighted by Gasteiger charge is -2.26. The maximum Gasteiger partial charge on any atom is 0.196 e. The molecule has 0 radical (unpaired) electrons. The molecule has 2 aliphatic heterocycles. The highest BCUT2D eigenvalue weighted by molar-refractivity contribution is 7.17. The van der Waals surface area contributed by atoms with Crippen molar-refractivity contribution < 1.29 is 14.3 Å². The van der Waals surface area contributed by atoms with Gasteiger partial charge in [-0.05, 0) is 18.2 Å². The third kappa shape index (κ3) is 3.57. The van der Waals surface area contributed by atoms with Crippen LogP contribution < -0.4 is 9.64 Å². The van der Waals surface area contributed by atoms with E-state index in [0.29, 0.717) is 30.1 Å². The van der Waals surface area contributed by atoms with Gasteiger partial charge in [0.2, 0.25) is 0 Å². The van der Waals surface area contributed by atoms with Crippen molar-refractivity contribution in [3.8, 4) is 17.0 Å². The highest BCUT2D eigenvalue weighted by Crippen LogP contribution is 2.36. The summed E-state index contributed by atoms with van der Waals surface area (Å²) in [6.07, 6.45) is 1.95. The van der Waals surface area contributed by atoms with Crippen LogP contribution in [0.5, 0.6) is 5.75 Å². The maximum atomic E-state index is 13.0. The highest BCUT2D eigenvalue weighted by atomic mass is 32.1. The Bertz CT molecular complexity index is 1070. The van der Waals surface area contributed by atoms with Crippen molar-refractivity contribution in [3.63, 3.8) is 0 Å². The van der Waals surface area contributed by atoms with Crippen LogP contribution in [-0.2, 0) is 4.74 Å². The van der Waals surface area contributed by atoms with Crippen LogP contribution in [-0.4, -0.2) is 43.7 Å². The first-order valence-electron chi connectivity index (χ1n) is 9.65. The average molecular weight is 404 g/mol. The second-order valence-electron chi connectivity index (χ2n) is 6.96. The Labute approximate surface area is 173 Å². The summed E-state index contributed by atoms with van der Waals surface area (Å²) in [6.45, 7) is 3.34. The SMILES string of the molecule is O=C1/C(=C/c2sc(N3CCOCC3)nc2-c2ccccc2)COc2ccccc21. The number of morpholine rings is 1. The number of Topliss-reactive ketones (excluding diaryl/α,β-unsaturated/α-hetero) is 1. The van der Waals surface area contributed by atoms with Crippen LogP contribution in [0.25, 0.3) is 17.3 Å². The number of anilines is 1. The van der Waals surface area contributed by atoms with Gasteiger partial charge in [0.25, 0.3) is 0 Å². The van der Waals surface area contributed by atoms with Gasteiger partial charge in [0.1, 0.15) is 12.4 Å². The van der Waals surface area contributed by atoms with Gasteiger partial charge in [-0.25, -0.2) is 4.98 Å². The fourth-order valence-corrected chi connectivity index (χ4v) is 4.66. The molecule has 1 aromatic heterocycles. The molecule has 2 aromatic carbocycles. The van der Waals surface area contributed by atoms with E-state index in [0.717, 1.165) is 34.4 Å². The van der Waals surface area contributed by atoms with Gasteiger partial charge < -0.3 is 14.4 Å². The number of ketones is 1. The standard InChI is InChI=1S/C23H20N2O3S/c26-22-17(15-28-19-9-5-4-8-18(19)22)14-20-21(16-6-2-1-3-7-16)24-23(29-20)25-10-12-27-13-11-25/h1-9,14H,10-13,15H2/b17-14+. The van der Waals surface area contributed by atoms with Crippen LogP contribution in [0.2, 0.25) is 0 Å². The minimum atomic E-state index is 0.0205. The van der Waals surface area contributed by atoms with E-state index in [1.54, 1.807) is 11.3 Å². The maximum absolute atomic E-state index is 13.0. The number of ether oxygens (including phenoxy) is 2. The number of thiazole rings is 1. The Kier molecular flexibility index (Phi) is 4.87. The molecule has 5 nitrogen and oxygen atoms in total. The van der Waals surface area contributed by atoms with E-state index < -0.39 is 0 Å². The average Bonchev–Trinajstić information content (AvgIpc) is 3.21. The zero-order chi connectivity index (χ0) is 19.6. The van der Waals surface area contributed by atoms with Crippen molar-refractivity contribution >= 4 is 28.3 Å². The van der Waals surface area contributed by atoms with E-state index in [-0.39, 0.29) is 12.4 Å². The van der Waals surface area contributed by atoms with E-state index in [4.69, 9.17) is 14.5 Å². The largest absolute Gasteiger partial charge is 0.488 e. The zero-order valence-electron chi connectivity index (χ0n) is 15.8. The quantitative estimate of drug-likeness (QED) is 0.609. The topological polar surface area (TPSA) is 51.7 Å². The van der Waals surface area contributed by atoms with Crippen molar-refractivity contribution in [2.45, 2.75) is 0 Å². The van der Waals surface area contributed by atoms with Crippen molar-refractivity contribution in [2.75, 3.05) is 37.8 Å². The molecule has 1 saturated heterocycles. The second kappa shape index (κ2) is 7.81. The zero-order valence-corrected chi connectivity index (χ0v) is 16.7. The second-order valence-corrected chi connectivity index (χ2v) is 7.97. The Morgan fingerprint density at radius 3 is 2.59 bits per heavy atom. The van der Waals surface area contributed by atoms with Crippen LogP contribution in [0.15, 0.2) is 60.2 Å². The Balaban J connectivity index is 1.56. The van der Waals surface area contributed by atoms with E-state index in [2.05, 4.69) is 17.0 Å². The van der Waals surface area contributed by atoms with Crippen molar-refractivity contribution in [2.24, 2.45) is 0 Å². The third-order valence-electron chi connectivity index (χ3n) is 5.08. The summed E-state index contributed by atoms with van der Waals surface area (Å²) in [5.74, 6) is 0.670. The number of aromatic nitrogens is 1. The molecule has 0 aliphatic carbocycles. The molecule has 3 heterocycles. The van der Waals surface area contributed by atoms with Gasteiger partial charge in [-0.15, -0.1) is 0 Å². The number of carbonyl (C=O) groups excluding carboxylic acids is 1. The molecule has 146 valence electrons. The van der Waals surface area contributed by atoms with Gasteiger partial charge in [0, 0.05) is 24.2 Å². The van der Waals surface area contributed by atoms with Crippen molar-refractivity contribution in [1.82, 2.24) is 4.98 Å². The predicted octanol–water partition coefficient (Wildman–Crippen LogP) is 4.31. The molecule has 0 N–H and O–H groups in total. The number of para-hydroxylation sites is 1. The first-order chi connectivity index (χ1) is 14.3. The van der Waals surface area contributed by atoms with Gasteiger partial charge in [-0.3, -0.25) is 4.79 Å². The molecule has 3 aromatic rings. The number of nitrogens with zero attached hydrogens (tertiary/aromatic N) is 2. The number of benzene rings is 2. The minimum Gasteiger partial charge on any atom is -0.488 e. The van der Waals surface area contributed by atoms with Crippen LogP contribution in [0.4, 0.5) is 5.13 Å². The molecule has 5 rings (SSSR count). The lowest BCUT2D eigenvalue weighted by atomic mass is 9.99. The molecular weight excluding hydrogens is 384 g/mol. The Morgan fingerprint density at radius 1 is 1.00 bits per heavy atom. The number of rotatable bonds is 3. The van der Waals surface area contributed by atoms with Gasteiger partial charge in [0.05, 0.1) is 29.3 Å². The monoisotopic (exact) mass is 404 g/mol. The molecule has 0 unspecified atom stereocenters. The number of carbonyl (C=O) groups is 1. The predicted molar refractivity (Wildman–Crippen MR) is 115 cm³/mol. The molecule has 0 saturated carbocycles. The number of hydrogen-bond acceptors (Lipinski definition) is 6. The summed E-state index contributed by atoms with van der Waals surface area (Å²) < 4.78 is 11.3. The Hall–Kier alpha value is -2.96. The van der Waals surface area contributed by atoms with Crippen molar-refractivity contribution in [3.05, 3.63) is 70.6 Å². The van der Waals surface area contributed by atoms with Gasteiger partial charge >= 0.3 is 0 Å². The van der Waals surface area contributed by atoms with Crippen LogP contribution in [0.1, 0.15) is 15.2 Å². The van der Waals surface area contributed by atoms with Crippen LogP contribution in [0.3, 0.4) is 0 Å². The molecule has 2 aliphatic rings. The molecule has 0 bridgehead atoms. The molecule has 0 amide bonds. The van der Waals surface area contributed by atoms with E-state index in [9.17, 15) is 4.79 Å². The summed E-state index contributed by atoms with van der Waals surface area (Å²) in [4.78, 5) is 21.1. The first-order valence-corrected chi connectivity index (χ1v) is 10.5. The molecule has 29 heavy (non-hydrogen) atoms. The van der Waals surface area contributed by atoms with E-state index in [1.807, 2.05) is 48.5 Å². The van der Waals surface area contributed by atoms with Crippen LogP contribution in [0, 0.1) is 0 Å². The lowest BCUT2D eigenvalue weighted by Crippen LogP contribution is -2.36. The molecule has 6 heteroatoms. The van der Waals surface area contributed by atoms with E-state index in [1.165, 1.54) is 0 Å². The lowest BCUT2D eigenvalue weighted by molar-refractivity contribution is 0.100. The summed E-state index contributed by atoms with van der Waals surface area (Å²) in [7, 11) is 0. The number of hydrogen-bond donors (Lipinski definition) is 0. The summed E-state index contributed by atoms with van der Waals surface area (Å²) in [5.41, 5.74) is 3.21. The van der Waals surface area contributed by atoms with Gasteiger partial charge in [0.15, 0.2) is 10.9 Å². The van der Waals surface area contributed by atoms with E-state index >= 15 is 0 Å². The minimum absolute atomic E-state index is 0.0205. The summed E-state index contributed by atoms with van der Waals surface area (Å²) >= 11 is 1.61. The highest BCUT2D eigenvalue weighted by Gasteiger charge is 2.25. The third-order valence-corrected chi connectivity index (χ3v) is 6.15. The van der Waals surface area contributed by atoms with Crippen LogP contribution >= 0.6 is 11.3 Å². The normalized spacial score (nSPS) is 17.9. The molecule has 1 fully saturated rings. The van der Waals surface area contributed by atoms with Crippen molar-refractivity contribution in [1.29, 1.82) is 0 Å². The number of fused-ring (bicyclic) bond motifs is 1. The first kappa shape index (κ1) is 18.1. The van der Waals surface area contributed by atoms with Gasteiger partial charge in [-0.1, -0.05) is 53.8 Å². The Morgan fingerprint density at radius 2 is 1.76 bits per heavy atom. The molecular formula is C23H20N2O3S. The fourth-order valence-electron chi connectivity index (χ4n) is 3.55. The smallest absolute Gasteiger partial charge is 0.196 e. The summed E-state index contributed by atoms with van der Waals surface area (Å²) in [5, 5.41) is 0.962. The molecule has 0 spiro atoms. The fraction of sp³-hybridized carbons (Fsp3) is 0.217. The molecule has 0 atom stereocenters. The summed E-state index contributed by atoms with van der Waals surface area (Å²) in [6, 6.07) is 17.5. The van der Waals surface area contributed by atoms with Gasteiger partial charge in [-0.2, -0.15) is 0 Å².